The summed E-state index contributed by atoms with van der Waals surface area (Å²) >= 11 is 1.09. The molecule has 1 atom stereocenters. The lowest BCUT2D eigenvalue weighted by Crippen LogP contribution is -2.35. The van der Waals surface area contributed by atoms with Crippen LogP contribution in [-0.2, 0) is 15.1 Å². The van der Waals surface area contributed by atoms with Crippen molar-refractivity contribution < 1.29 is 19.4 Å². The number of esters is 1. The smallest absolute Gasteiger partial charge is 0.350 e. The van der Waals surface area contributed by atoms with E-state index >= 15 is 0 Å². The van der Waals surface area contributed by atoms with E-state index in [1.165, 1.54) is 7.11 Å². The summed E-state index contributed by atoms with van der Waals surface area (Å²) in [4.78, 5) is 30.4. The molecule has 1 amide bonds. The van der Waals surface area contributed by atoms with Crippen molar-refractivity contribution >= 4 is 28.3 Å². The van der Waals surface area contributed by atoms with Crippen molar-refractivity contribution in [2.75, 3.05) is 32.1 Å². The number of aryl methyl sites for hydroxylation is 1. The number of likely N-dealkylation sites (tertiary alicyclic amines) is 1. The highest BCUT2D eigenvalue weighted by Gasteiger charge is 2.38. The summed E-state index contributed by atoms with van der Waals surface area (Å²) in [5.74, 6) is -0.694. The van der Waals surface area contributed by atoms with Crippen molar-refractivity contribution in [3.05, 3.63) is 46.5 Å². The largest absolute Gasteiger partial charge is 0.465 e. The molecule has 0 bridgehead atoms. The van der Waals surface area contributed by atoms with Crippen LogP contribution in [-0.4, -0.2) is 53.6 Å². The zero-order valence-corrected chi connectivity index (χ0v) is 15.5. The summed E-state index contributed by atoms with van der Waals surface area (Å²) in [6, 6.07) is 9.50. The van der Waals surface area contributed by atoms with Crippen LogP contribution in [0.3, 0.4) is 0 Å². The third-order valence-electron chi connectivity index (χ3n) is 4.42. The number of carbonyl (C=O) groups excluding carboxylic acids is 2. The molecular weight excluding hydrogens is 354 g/mol. The number of amides is 1. The first-order chi connectivity index (χ1) is 12.4. The van der Waals surface area contributed by atoms with Gasteiger partial charge in [0.1, 0.15) is 10.5 Å². The molecule has 1 fully saturated rings. The molecule has 3 rings (SSSR count). The van der Waals surface area contributed by atoms with Crippen LogP contribution in [0.4, 0.5) is 5.13 Å². The van der Waals surface area contributed by atoms with Gasteiger partial charge in [0.05, 0.1) is 19.3 Å². The van der Waals surface area contributed by atoms with Gasteiger partial charge in [0.25, 0.3) is 0 Å². The minimum atomic E-state index is -0.933. The van der Waals surface area contributed by atoms with Crippen molar-refractivity contribution in [3.63, 3.8) is 0 Å². The maximum absolute atomic E-state index is 12.3. The Morgan fingerprint density at radius 3 is 2.81 bits per heavy atom. The number of benzene rings is 1. The Labute approximate surface area is 155 Å². The van der Waals surface area contributed by atoms with Gasteiger partial charge in [0, 0.05) is 13.1 Å². The molecule has 1 aliphatic rings. The van der Waals surface area contributed by atoms with Crippen molar-refractivity contribution in [2.24, 2.45) is 0 Å². The molecule has 2 aromatic rings. The summed E-state index contributed by atoms with van der Waals surface area (Å²) in [5.41, 5.74) is 0.454. The van der Waals surface area contributed by atoms with Gasteiger partial charge in [-0.05, 0) is 18.9 Å². The SMILES string of the molecule is COC(=O)c1sc(NC(=O)CN2CC[C@](O)(c3ccccc3)C2)nc1C. The summed E-state index contributed by atoms with van der Waals surface area (Å²) in [6.07, 6.45) is 0.577. The number of nitrogens with one attached hydrogen (secondary N) is 1. The monoisotopic (exact) mass is 375 g/mol. The van der Waals surface area contributed by atoms with Gasteiger partial charge >= 0.3 is 5.97 Å². The average molecular weight is 375 g/mol. The van der Waals surface area contributed by atoms with E-state index < -0.39 is 11.6 Å². The van der Waals surface area contributed by atoms with Crippen molar-refractivity contribution in [1.29, 1.82) is 0 Å². The lowest BCUT2D eigenvalue weighted by atomic mass is 9.93. The fourth-order valence-corrected chi connectivity index (χ4v) is 3.98. The Kier molecular flexibility index (Phi) is 5.36. The molecule has 0 aliphatic carbocycles. The number of β-amino-alcohol motifs (C(OH)–C–C–N with tert-alkyl or cyclic N) is 1. The Morgan fingerprint density at radius 1 is 1.38 bits per heavy atom. The van der Waals surface area contributed by atoms with E-state index in [0.29, 0.717) is 35.2 Å². The highest BCUT2D eigenvalue weighted by Crippen LogP contribution is 2.31. The normalized spacial score (nSPS) is 20.1. The average Bonchev–Trinajstić information content (AvgIpc) is 3.18. The highest BCUT2D eigenvalue weighted by atomic mass is 32.1. The maximum Gasteiger partial charge on any atom is 0.350 e. The number of anilines is 1. The maximum atomic E-state index is 12.3. The Balaban J connectivity index is 1.59. The first-order valence-electron chi connectivity index (χ1n) is 8.27. The quantitative estimate of drug-likeness (QED) is 0.774. The van der Waals surface area contributed by atoms with Crippen LogP contribution in [0.5, 0.6) is 0 Å². The van der Waals surface area contributed by atoms with Gasteiger partial charge in [0.2, 0.25) is 5.91 Å². The van der Waals surface area contributed by atoms with Crippen LogP contribution in [0, 0.1) is 6.92 Å². The molecule has 138 valence electrons. The summed E-state index contributed by atoms with van der Waals surface area (Å²) < 4.78 is 4.69. The van der Waals surface area contributed by atoms with E-state index in [-0.39, 0.29) is 12.5 Å². The number of aromatic nitrogens is 1. The third-order valence-corrected chi connectivity index (χ3v) is 5.47. The summed E-state index contributed by atoms with van der Waals surface area (Å²) in [6.45, 7) is 2.87. The number of rotatable bonds is 5. The van der Waals surface area contributed by atoms with Gasteiger partial charge in [-0.15, -0.1) is 0 Å². The molecule has 0 unspecified atom stereocenters. The van der Waals surface area contributed by atoms with Crippen LogP contribution in [0.2, 0.25) is 0 Å². The van der Waals surface area contributed by atoms with Crippen LogP contribution >= 0.6 is 11.3 Å². The standard InChI is InChI=1S/C18H21N3O4S/c1-12-15(16(23)25-2)26-17(19-12)20-14(22)10-21-9-8-18(24,11-21)13-6-4-3-5-7-13/h3-7,24H,8-11H2,1-2H3,(H,19,20,22)/t18-/m1/s1. The number of methoxy groups -OCH3 is 1. The number of hydrogen-bond acceptors (Lipinski definition) is 7. The molecule has 7 nitrogen and oxygen atoms in total. The second-order valence-corrected chi connectivity index (χ2v) is 7.33. The number of hydrogen-bond donors (Lipinski definition) is 2. The van der Waals surface area contributed by atoms with Gasteiger partial charge in [-0.3, -0.25) is 9.69 Å². The molecule has 2 N–H and O–H groups in total. The van der Waals surface area contributed by atoms with Gasteiger partial charge < -0.3 is 15.2 Å². The summed E-state index contributed by atoms with van der Waals surface area (Å²) in [7, 11) is 1.31. The number of aliphatic hydroxyl groups is 1. The predicted molar refractivity (Wildman–Crippen MR) is 98.2 cm³/mol. The molecule has 26 heavy (non-hydrogen) atoms. The molecule has 1 aromatic carbocycles. The molecule has 1 saturated heterocycles. The second kappa shape index (κ2) is 7.53. The van der Waals surface area contributed by atoms with Crippen molar-refractivity contribution in [1.82, 2.24) is 9.88 Å². The molecule has 0 saturated carbocycles. The molecule has 1 aliphatic heterocycles. The van der Waals surface area contributed by atoms with Gasteiger partial charge in [0.15, 0.2) is 5.13 Å². The minimum absolute atomic E-state index is 0.154. The Bertz CT molecular complexity index is 808. The fraction of sp³-hybridized carbons (Fsp3) is 0.389. The third kappa shape index (κ3) is 3.92. The lowest BCUT2D eigenvalue weighted by Gasteiger charge is -2.23. The molecule has 0 radical (unpaired) electrons. The van der Waals surface area contributed by atoms with E-state index in [4.69, 9.17) is 4.74 Å². The van der Waals surface area contributed by atoms with E-state index in [2.05, 4.69) is 10.3 Å². The van der Waals surface area contributed by atoms with E-state index in [1.807, 2.05) is 35.2 Å². The minimum Gasteiger partial charge on any atom is -0.465 e. The Morgan fingerprint density at radius 2 is 2.12 bits per heavy atom. The van der Waals surface area contributed by atoms with Crippen molar-refractivity contribution in [2.45, 2.75) is 18.9 Å². The predicted octanol–water partition coefficient (Wildman–Crippen LogP) is 1.77. The first kappa shape index (κ1) is 18.5. The highest BCUT2D eigenvalue weighted by molar-refractivity contribution is 7.17. The second-order valence-electron chi connectivity index (χ2n) is 6.33. The first-order valence-corrected chi connectivity index (χ1v) is 9.09. The number of carbonyl (C=O) groups is 2. The zero-order valence-electron chi connectivity index (χ0n) is 14.7. The molecule has 8 heteroatoms. The van der Waals surface area contributed by atoms with Gasteiger partial charge in [-0.1, -0.05) is 41.7 Å². The topological polar surface area (TPSA) is 91.8 Å². The molecule has 1 aromatic heterocycles. The van der Waals surface area contributed by atoms with Gasteiger partial charge in [-0.25, -0.2) is 9.78 Å². The zero-order chi connectivity index (χ0) is 18.7. The van der Waals surface area contributed by atoms with E-state index in [0.717, 1.165) is 16.9 Å². The van der Waals surface area contributed by atoms with E-state index in [9.17, 15) is 14.7 Å². The van der Waals surface area contributed by atoms with Crippen LogP contribution in [0.1, 0.15) is 27.3 Å². The molecule has 2 heterocycles. The fourth-order valence-electron chi connectivity index (χ4n) is 3.08. The van der Waals surface area contributed by atoms with Crippen LogP contribution in [0.25, 0.3) is 0 Å². The van der Waals surface area contributed by atoms with Crippen LogP contribution < -0.4 is 5.32 Å². The van der Waals surface area contributed by atoms with E-state index in [1.54, 1.807) is 6.92 Å². The Hall–Kier alpha value is -2.29. The molecule has 0 spiro atoms. The van der Waals surface area contributed by atoms with Gasteiger partial charge in [-0.2, -0.15) is 0 Å². The van der Waals surface area contributed by atoms with Crippen LogP contribution in [0.15, 0.2) is 30.3 Å². The molecular formula is C18H21N3O4S. The number of thiazole rings is 1. The lowest BCUT2D eigenvalue weighted by molar-refractivity contribution is -0.117. The summed E-state index contributed by atoms with van der Waals surface area (Å²) in [5, 5.41) is 13.9. The number of nitrogens with zero attached hydrogens (tertiary/aromatic N) is 2. The van der Waals surface area contributed by atoms with Crippen molar-refractivity contribution in [3.8, 4) is 0 Å². The number of ether oxygens (including phenoxy) is 1.